The molecule has 0 spiro atoms. The van der Waals surface area contributed by atoms with Crippen molar-refractivity contribution in [2.24, 2.45) is 0 Å². The van der Waals surface area contributed by atoms with Crippen LogP contribution in [0.5, 0.6) is 0 Å². The van der Waals surface area contributed by atoms with Crippen LogP contribution >= 0.6 is 0 Å². The van der Waals surface area contributed by atoms with Crippen LogP contribution in [-0.2, 0) is 4.79 Å². The Bertz CT molecular complexity index is 776. The molecule has 2 rings (SSSR count). The molecule has 0 saturated heterocycles. The van der Waals surface area contributed by atoms with Crippen LogP contribution < -0.4 is 5.73 Å². The summed E-state index contributed by atoms with van der Waals surface area (Å²) in [7, 11) is 0. The smallest absolute Gasteiger partial charge is 0.157 e. The second-order valence-electron chi connectivity index (χ2n) is 5.50. The first-order chi connectivity index (χ1) is 11.4. The Kier molecular flexibility index (Phi) is 5.34. The molecule has 5 heteroatoms. The zero-order chi connectivity index (χ0) is 17.9. The summed E-state index contributed by atoms with van der Waals surface area (Å²) in [6.45, 7) is 7.20. The van der Waals surface area contributed by atoms with Gasteiger partial charge in [-0.1, -0.05) is 26.0 Å². The molecule has 24 heavy (non-hydrogen) atoms. The summed E-state index contributed by atoms with van der Waals surface area (Å²) in [5.74, 6) is -1.54. The van der Waals surface area contributed by atoms with Crippen LogP contribution in [0.2, 0.25) is 0 Å². The number of allylic oxidation sites excluding steroid dienone is 4. The monoisotopic (exact) mass is 330 g/mol. The van der Waals surface area contributed by atoms with Crippen molar-refractivity contribution in [2.75, 3.05) is 5.73 Å². The number of nitrogens with zero attached hydrogens (tertiary/aromatic N) is 1. The van der Waals surface area contributed by atoms with Gasteiger partial charge in [-0.25, -0.2) is 8.78 Å². The number of anilines is 1. The lowest BCUT2D eigenvalue weighted by molar-refractivity contribution is -0.113. The fraction of sp³-hybridized carbons (Fsp3) is 0.211. The fourth-order valence-electron chi connectivity index (χ4n) is 2.64. The molecule has 126 valence electrons. The number of ketones is 1. The van der Waals surface area contributed by atoms with E-state index < -0.39 is 11.6 Å². The lowest BCUT2D eigenvalue weighted by Gasteiger charge is -2.25. The third-order valence-electron chi connectivity index (χ3n) is 3.82. The normalized spacial score (nSPS) is 16.0. The predicted octanol–water partition coefficient (Wildman–Crippen LogP) is 4.55. The third-order valence-corrected chi connectivity index (χ3v) is 3.82. The van der Waals surface area contributed by atoms with Crippen LogP contribution in [-0.4, -0.2) is 10.7 Å². The van der Waals surface area contributed by atoms with Crippen LogP contribution in [0.3, 0.4) is 0 Å². The molecule has 3 nitrogen and oxygen atoms in total. The van der Waals surface area contributed by atoms with Crippen molar-refractivity contribution in [3.63, 3.8) is 0 Å². The zero-order valence-electron chi connectivity index (χ0n) is 13.8. The highest BCUT2D eigenvalue weighted by molar-refractivity contribution is 5.95. The minimum absolute atomic E-state index is 0.0403. The van der Waals surface area contributed by atoms with Crippen molar-refractivity contribution in [1.29, 1.82) is 0 Å². The van der Waals surface area contributed by atoms with E-state index in [2.05, 4.69) is 6.58 Å². The molecule has 2 N–H and O–H groups in total. The Morgan fingerprint density at radius 2 is 2.04 bits per heavy atom. The predicted molar refractivity (Wildman–Crippen MR) is 92.5 cm³/mol. The molecule has 1 aliphatic heterocycles. The quantitative estimate of drug-likeness (QED) is 0.636. The van der Waals surface area contributed by atoms with Crippen LogP contribution in [0.25, 0.3) is 5.57 Å². The first kappa shape index (κ1) is 17.7. The van der Waals surface area contributed by atoms with Gasteiger partial charge in [-0.2, -0.15) is 0 Å². The molecule has 0 unspecified atom stereocenters. The molecular weight excluding hydrogens is 310 g/mol. The number of nitrogen functional groups attached to an aromatic ring is 1. The topological polar surface area (TPSA) is 46.3 Å². The second kappa shape index (κ2) is 7.25. The van der Waals surface area contributed by atoms with Gasteiger partial charge < -0.3 is 10.6 Å². The molecule has 0 atom stereocenters. The summed E-state index contributed by atoms with van der Waals surface area (Å²) < 4.78 is 28.3. The minimum Gasteiger partial charge on any atom is -0.396 e. The molecule has 1 aromatic carbocycles. The molecule has 0 radical (unpaired) electrons. The van der Waals surface area contributed by atoms with Crippen molar-refractivity contribution in [2.45, 2.75) is 26.7 Å². The Hall–Kier alpha value is -2.69. The highest BCUT2D eigenvalue weighted by Gasteiger charge is 2.21. The van der Waals surface area contributed by atoms with E-state index in [1.54, 1.807) is 23.3 Å². The largest absolute Gasteiger partial charge is 0.396 e. The summed E-state index contributed by atoms with van der Waals surface area (Å²) in [6, 6.07) is 2.32. The van der Waals surface area contributed by atoms with Crippen LogP contribution in [0.4, 0.5) is 14.5 Å². The van der Waals surface area contributed by atoms with E-state index in [1.165, 1.54) is 19.2 Å². The van der Waals surface area contributed by atoms with E-state index in [4.69, 9.17) is 5.73 Å². The summed E-state index contributed by atoms with van der Waals surface area (Å²) >= 11 is 0. The number of hydrogen-bond acceptors (Lipinski definition) is 3. The lowest BCUT2D eigenvalue weighted by atomic mass is 9.97. The first-order valence-corrected chi connectivity index (χ1v) is 7.69. The molecule has 0 aliphatic carbocycles. The lowest BCUT2D eigenvalue weighted by Crippen LogP contribution is -2.17. The van der Waals surface area contributed by atoms with Gasteiger partial charge in [0.25, 0.3) is 0 Å². The van der Waals surface area contributed by atoms with Gasteiger partial charge in [-0.3, -0.25) is 4.79 Å². The van der Waals surface area contributed by atoms with Crippen LogP contribution in [0.15, 0.2) is 54.5 Å². The average molecular weight is 330 g/mol. The maximum absolute atomic E-state index is 14.2. The van der Waals surface area contributed by atoms with Crippen LogP contribution in [0.1, 0.15) is 32.3 Å². The van der Waals surface area contributed by atoms with Gasteiger partial charge in [0.2, 0.25) is 0 Å². The Labute approximate surface area is 140 Å². The van der Waals surface area contributed by atoms with Gasteiger partial charge in [-0.15, -0.1) is 0 Å². The van der Waals surface area contributed by atoms with Gasteiger partial charge in [0.1, 0.15) is 5.82 Å². The first-order valence-electron chi connectivity index (χ1n) is 7.69. The van der Waals surface area contributed by atoms with E-state index in [0.29, 0.717) is 23.3 Å². The van der Waals surface area contributed by atoms with E-state index in [0.717, 1.165) is 12.5 Å². The van der Waals surface area contributed by atoms with Crippen molar-refractivity contribution in [3.8, 4) is 0 Å². The zero-order valence-corrected chi connectivity index (χ0v) is 13.8. The van der Waals surface area contributed by atoms with Crippen LogP contribution in [0, 0.1) is 11.6 Å². The molecule has 1 aliphatic rings. The Morgan fingerprint density at radius 1 is 1.33 bits per heavy atom. The fourth-order valence-corrected chi connectivity index (χ4v) is 2.64. The number of benzene rings is 1. The number of rotatable bonds is 5. The average Bonchev–Trinajstić information content (AvgIpc) is 2.56. The molecule has 0 bridgehead atoms. The number of nitrogens with two attached hydrogens (primary N) is 1. The highest BCUT2D eigenvalue weighted by atomic mass is 19.1. The van der Waals surface area contributed by atoms with Crippen molar-refractivity contribution < 1.29 is 13.6 Å². The van der Waals surface area contributed by atoms with Gasteiger partial charge in [0.15, 0.2) is 11.6 Å². The Morgan fingerprint density at radius 3 is 2.62 bits per heavy atom. The van der Waals surface area contributed by atoms with Crippen molar-refractivity contribution >= 4 is 17.0 Å². The molecule has 1 heterocycles. The number of halogens is 2. The molecule has 1 aromatic rings. The van der Waals surface area contributed by atoms with Gasteiger partial charge >= 0.3 is 0 Å². The highest BCUT2D eigenvalue weighted by Crippen LogP contribution is 2.32. The van der Waals surface area contributed by atoms with E-state index in [1.807, 2.05) is 6.92 Å². The molecule has 0 saturated carbocycles. The summed E-state index contributed by atoms with van der Waals surface area (Å²) in [5.41, 5.74) is 6.85. The second-order valence-corrected chi connectivity index (χ2v) is 5.50. The number of hydrogen-bond donors (Lipinski definition) is 1. The summed E-state index contributed by atoms with van der Waals surface area (Å²) in [6.07, 6.45) is 7.72. The Balaban J connectivity index is 2.56. The SMILES string of the molecule is C=CN1C=C(c2c(F)ccc(N)c2F)C=C/C1=C(/CCC)C(C)=O. The molecular formula is C19H20F2N2O. The van der Waals surface area contributed by atoms with Gasteiger partial charge in [0.05, 0.1) is 16.9 Å². The van der Waals surface area contributed by atoms with Crippen molar-refractivity contribution in [3.05, 3.63) is 71.7 Å². The summed E-state index contributed by atoms with van der Waals surface area (Å²) in [4.78, 5) is 13.5. The maximum Gasteiger partial charge on any atom is 0.157 e. The molecule has 0 aromatic heterocycles. The number of carbonyl (C=O) groups excluding carboxylic acids is 1. The third kappa shape index (κ3) is 3.30. The van der Waals surface area contributed by atoms with Gasteiger partial charge in [0, 0.05) is 23.5 Å². The number of carbonyl (C=O) groups is 1. The standard InChI is InChI=1S/C19H20F2N2O/c1-4-6-14(12(3)24)17-10-7-13(11-23(17)5-2)18-15(20)8-9-16(22)19(18)21/h5,7-11H,2,4,6,22H2,1,3H3/b17-14+. The van der Waals surface area contributed by atoms with E-state index in [9.17, 15) is 13.6 Å². The van der Waals surface area contributed by atoms with E-state index in [-0.39, 0.29) is 17.0 Å². The summed E-state index contributed by atoms with van der Waals surface area (Å²) in [5, 5.41) is 0. The molecule has 0 fully saturated rings. The van der Waals surface area contributed by atoms with Crippen molar-refractivity contribution in [1.82, 2.24) is 4.90 Å². The molecule has 0 amide bonds. The van der Waals surface area contributed by atoms with E-state index >= 15 is 0 Å². The maximum atomic E-state index is 14.2. The number of Topliss-reactive ketones (excluding diaryl/α,β-unsaturated/α-hetero) is 1. The van der Waals surface area contributed by atoms with Gasteiger partial charge in [-0.05, 0) is 31.6 Å². The minimum atomic E-state index is -0.803.